The third kappa shape index (κ3) is 6.88. The highest BCUT2D eigenvalue weighted by Crippen LogP contribution is 2.36. The summed E-state index contributed by atoms with van der Waals surface area (Å²) in [5.41, 5.74) is 2.63. The maximum absolute atomic E-state index is 13.4. The minimum absolute atomic E-state index is 0.0405. The molecule has 1 aromatic carbocycles. The Morgan fingerprint density at radius 2 is 1.73 bits per heavy atom. The largest absolute Gasteiger partial charge is 0.367 e. The number of aromatic nitrogens is 4. The highest BCUT2D eigenvalue weighted by molar-refractivity contribution is 8.00. The number of anilines is 3. The number of fused-ring (bicyclic) bond motifs is 2. The summed E-state index contributed by atoms with van der Waals surface area (Å²) < 4.78 is 2.08. The first-order chi connectivity index (χ1) is 26.6. The van der Waals surface area contributed by atoms with Crippen molar-refractivity contribution in [3.8, 4) is 0 Å². The van der Waals surface area contributed by atoms with Gasteiger partial charge in [0.2, 0.25) is 23.7 Å². The van der Waals surface area contributed by atoms with Crippen LogP contribution in [0.4, 0.5) is 17.5 Å². The lowest BCUT2D eigenvalue weighted by Gasteiger charge is -2.36. The van der Waals surface area contributed by atoms with Gasteiger partial charge in [0.15, 0.2) is 0 Å². The molecule has 0 radical (unpaired) electrons. The van der Waals surface area contributed by atoms with E-state index in [0.29, 0.717) is 48.5 Å². The van der Waals surface area contributed by atoms with Crippen molar-refractivity contribution in [2.24, 2.45) is 0 Å². The number of benzene rings is 1. The molecule has 1 unspecified atom stereocenters. The topological polar surface area (TPSA) is 183 Å². The van der Waals surface area contributed by atoms with Crippen molar-refractivity contribution in [1.82, 2.24) is 39.5 Å². The van der Waals surface area contributed by atoms with Gasteiger partial charge in [0.05, 0.1) is 28.8 Å². The van der Waals surface area contributed by atoms with Crippen molar-refractivity contribution in [3.63, 3.8) is 0 Å². The van der Waals surface area contributed by atoms with E-state index < -0.39 is 29.7 Å². The second-order valence-electron chi connectivity index (χ2n) is 14.3. The number of carbonyl (C=O) groups excluding carboxylic acids is 6. The molecule has 3 aromatic heterocycles. The number of imide groups is 2. The predicted molar refractivity (Wildman–Crippen MR) is 203 cm³/mol. The average Bonchev–Trinajstić information content (AvgIpc) is 3.91. The van der Waals surface area contributed by atoms with Gasteiger partial charge < -0.3 is 24.6 Å². The van der Waals surface area contributed by atoms with E-state index in [0.717, 1.165) is 47.3 Å². The summed E-state index contributed by atoms with van der Waals surface area (Å²) in [5.74, 6) is -1.38. The molecular formula is C38H40N10O6S. The van der Waals surface area contributed by atoms with Gasteiger partial charge in [-0.3, -0.25) is 39.0 Å². The number of carbonyl (C=O) groups is 6. The molecule has 17 heteroatoms. The monoisotopic (exact) mass is 764 g/mol. The molecule has 55 heavy (non-hydrogen) atoms. The molecule has 1 saturated carbocycles. The Morgan fingerprint density at radius 3 is 2.44 bits per heavy atom. The number of piperidine rings is 1. The van der Waals surface area contributed by atoms with Gasteiger partial charge in [0.1, 0.15) is 23.2 Å². The zero-order valence-electron chi connectivity index (χ0n) is 30.5. The molecule has 16 nitrogen and oxygen atoms in total. The lowest BCUT2D eigenvalue weighted by Crippen LogP contribution is -2.54. The van der Waals surface area contributed by atoms with E-state index in [-0.39, 0.29) is 47.6 Å². The van der Waals surface area contributed by atoms with Gasteiger partial charge in [-0.15, -0.1) is 11.8 Å². The molecule has 6 amide bonds. The number of piperazine rings is 1. The van der Waals surface area contributed by atoms with E-state index in [2.05, 4.69) is 30.1 Å². The number of hydrogen-bond acceptors (Lipinski definition) is 12. The van der Waals surface area contributed by atoms with Gasteiger partial charge >= 0.3 is 0 Å². The van der Waals surface area contributed by atoms with Crippen molar-refractivity contribution in [3.05, 3.63) is 65.6 Å². The molecule has 1 aliphatic carbocycles. The molecule has 4 aliphatic rings. The van der Waals surface area contributed by atoms with Gasteiger partial charge in [-0.05, 0) is 49.6 Å². The van der Waals surface area contributed by atoms with Gasteiger partial charge in [-0.1, -0.05) is 18.9 Å². The SMILES string of the molecule is CN(C)C(=O)c1cc2cnc(Nc3ccc(N4CCN(C(=O)CSc5cccc6c5C(=O)N(C5CCC(=O)NC5=O)C6=O)CC4)cn3)nc2n1C1CCCC1. The average molecular weight is 765 g/mol. The normalized spacial score (nSPS) is 18.9. The van der Waals surface area contributed by atoms with Gasteiger partial charge in [0, 0.05) is 69.2 Å². The summed E-state index contributed by atoms with van der Waals surface area (Å²) in [5, 5.41) is 6.23. The van der Waals surface area contributed by atoms with Crippen LogP contribution in [0.2, 0.25) is 0 Å². The van der Waals surface area contributed by atoms with Crippen LogP contribution in [-0.2, 0) is 14.4 Å². The van der Waals surface area contributed by atoms with Crippen LogP contribution in [0.25, 0.3) is 11.0 Å². The molecule has 1 atom stereocenters. The summed E-state index contributed by atoms with van der Waals surface area (Å²) >= 11 is 1.19. The van der Waals surface area contributed by atoms with E-state index in [1.165, 1.54) is 11.8 Å². The zero-order chi connectivity index (χ0) is 38.4. The Morgan fingerprint density at radius 1 is 0.945 bits per heavy atom. The van der Waals surface area contributed by atoms with Gasteiger partial charge in [-0.25, -0.2) is 9.97 Å². The molecule has 284 valence electrons. The van der Waals surface area contributed by atoms with Crippen LogP contribution in [0, 0.1) is 0 Å². The second-order valence-corrected chi connectivity index (χ2v) is 15.3. The number of nitrogens with zero attached hydrogens (tertiary/aromatic N) is 8. The standard InChI is InChI=1S/C38H40N10O6S/c1-44(2)36(53)27-18-22-19-40-38(43-33(22)47(27)23-6-3-4-7-23)41-29-12-10-24(20-39-29)45-14-16-46(17-15-45)31(50)21-55-28-9-5-8-25-32(28)37(54)48(35(25)52)26-11-13-30(49)42-34(26)51/h5,8-10,12,18-20,23,26H,3-4,6-7,11,13-17,21H2,1-2H3,(H,42,49,51)(H,39,40,41,43). The van der Waals surface area contributed by atoms with Crippen molar-refractivity contribution in [2.75, 3.05) is 56.2 Å². The number of amides is 6. The summed E-state index contributed by atoms with van der Waals surface area (Å²) in [6.45, 7) is 2.20. The Balaban J connectivity index is 0.870. The highest BCUT2D eigenvalue weighted by atomic mass is 32.2. The second kappa shape index (κ2) is 14.8. The fraction of sp³-hybridized carbons (Fsp3) is 0.395. The van der Waals surface area contributed by atoms with Crippen LogP contribution in [0.15, 0.2) is 53.7 Å². The Kier molecular flexibility index (Phi) is 9.71. The lowest BCUT2D eigenvalue weighted by atomic mass is 10.0. The fourth-order valence-electron chi connectivity index (χ4n) is 7.80. The number of rotatable bonds is 9. The van der Waals surface area contributed by atoms with E-state index in [4.69, 9.17) is 4.98 Å². The molecule has 2 N–H and O–H groups in total. The molecule has 2 saturated heterocycles. The van der Waals surface area contributed by atoms with Crippen LogP contribution in [-0.4, -0.2) is 122 Å². The van der Waals surface area contributed by atoms with E-state index in [9.17, 15) is 28.8 Å². The number of pyridine rings is 1. The quantitative estimate of drug-likeness (QED) is 0.188. The molecule has 4 aromatic rings. The van der Waals surface area contributed by atoms with Crippen LogP contribution in [0.1, 0.15) is 75.8 Å². The maximum atomic E-state index is 13.4. The first-order valence-corrected chi connectivity index (χ1v) is 19.4. The first-order valence-electron chi connectivity index (χ1n) is 18.4. The first kappa shape index (κ1) is 36.2. The summed E-state index contributed by atoms with van der Waals surface area (Å²) in [6.07, 6.45) is 7.87. The Bertz CT molecular complexity index is 2230. The number of nitrogens with one attached hydrogen (secondary N) is 2. The van der Waals surface area contributed by atoms with Gasteiger partial charge in [-0.2, -0.15) is 4.98 Å². The Labute approximate surface area is 320 Å². The van der Waals surface area contributed by atoms with Crippen molar-refractivity contribution in [2.45, 2.75) is 55.5 Å². The molecule has 8 rings (SSSR count). The molecule has 3 fully saturated rings. The van der Waals surface area contributed by atoms with Crippen LogP contribution in [0.3, 0.4) is 0 Å². The molecule has 0 bridgehead atoms. The smallest absolute Gasteiger partial charge is 0.270 e. The molecule has 0 spiro atoms. The van der Waals surface area contributed by atoms with E-state index >= 15 is 0 Å². The van der Waals surface area contributed by atoms with Crippen molar-refractivity contribution < 1.29 is 28.8 Å². The van der Waals surface area contributed by atoms with Crippen LogP contribution in [0.5, 0.6) is 0 Å². The third-order valence-electron chi connectivity index (χ3n) is 10.7. The number of hydrogen-bond donors (Lipinski definition) is 2. The van der Waals surface area contributed by atoms with Crippen molar-refractivity contribution >= 4 is 75.7 Å². The molecule has 3 aliphatic heterocycles. The van der Waals surface area contributed by atoms with Crippen LogP contribution < -0.4 is 15.5 Å². The third-order valence-corrected chi connectivity index (χ3v) is 11.7. The predicted octanol–water partition coefficient (Wildman–Crippen LogP) is 3.23. The molecule has 6 heterocycles. The number of thioether (sulfide) groups is 1. The molecular weight excluding hydrogens is 725 g/mol. The van der Waals surface area contributed by atoms with Crippen LogP contribution >= 0.6 is 11.8 Å². The van der Waals surface area contributed by atoms with E-state index in [1.54, 1.807) is 54.5 Å². The minimum atomic E-state index is -1.05. The maximum Gasteiger partial charge on any atom is 0.270 e. The van der Waals surface area contributed by atoms with Crippen molar-refractivity contribution in [1.29, 1.82) is 0 Å². The van der Waals surface area contributed by atoms with Gasteiger partial charge in [0.25, 0.3) is 17.7 Å². The summed E-state index contributed by atoms with van der Waals surface area (Å²) in [6, 6.07) is 9.75. The highest BCUT2D eigenvalue weighted by Gasteiger charge is 2.45. The summed E-state index contributed by atoms with van der Waals surface area (Å²) in [7, 11) is 3.50. The zero-order valence-corrected chi connectivity index (χ0v) is 31.3. The Hall–Kier alpha value is -5.84. The summed E-state index contributed by atoms with van der Waals surface area (Å²) in [4.78, 5) is 97.9. The van der Waals surface area contributed by atoms with E-state index in [1.807, 2.05) is 18.2 Å². The minimum Gasteiger partial charge on any atom is -0.367 e. The lowest BCUT2D eigenvalue weighted by molar-refractivity contribution is -0.136. The fourth-order valence-corrected chi connectivity index (χ4v) is 8.78.